The Bertz CT molecular complexity index is 663. The number of aliphatic hydroxyl groups is 1. The number of carboxylic acid groups (broad SMARTS) is 2. The van der Waals surface area contributed by atoms with Gasteiger partial charge >= 0.3 is 11.9 Å². The van der Waals surface area contributed by atoms with Crippen molar-refractivity contribution < 1.29 is 29.6 Å². The summed E-state index contributed by atoms with van der Waals surface area (Å²) in [5.41, 5.74) is -2.09. The molecule has 1 aromatic heterocycles. The van der Waals surface area contributed by atoms with Crippen LogP contribution in [0.15, 0.2) is 16.0 Å². The van der Waals surface area contributed by atoms with Crippen LogP contribution in [0.1, 0.15) is 27.8 Å². The molecular formula is C13H16N2O7. The van der Waals surface area contributed by atoms with Gasteiger partial charge in [0.15, 0.2) is 11.4 Å². The molecule has 1 atom stereocenters. The number of aromatic nitrogens is 1. The molecule has 0 aliphatic heterocycles. The van der Waals surface area contributed by atoms with Crippen LogP contribution >= 0.6 is 0 Å². The van der Waals surface area contributed by atoms with Gasteiger partial charge in [0.2, 0.25) is 5.43 Å². The molecule has 0 spiro atoms. The number of pyridine rings is 1. The smallest absolute Gasteiger partial charge is 0.356 e. The molecule has 9 heteroatoms. The van der Waals surface area contributed by atoms with E-state index in [9.17, 15) is 19.5 Å². The van der Waals surface area contributed by atoms with Crippen molar-refractivity contribution in [2.75, 3.05) is 13.7 Å². The van der Waals surface area contributed by atoms with E-state index in [1.54, 1.807) is 6.92 Å². The fourth-order valence-electron chi connectivity index (χ4n) is 1.71. The van der Waals surface area contributed by atoms with Gasteiger partial charge in [0.05, 0.1) is 26.3 Å². The predicted molar refractivity (Wildman–Crippen MR) is 76.2 cm³/mol. The summed E-state index contributed by atoms with van der Waals surface area (Å²) in [7, 11) is 1.08. The lowest BCUT2D eigenvalue weighted by Gasteiger charge is -2.13. The average Bonchev–Trinajstić information content (AvgIpc) is 2.46. The zero-order valence-corrected chi connectivity index (χ0v) is 12.0. The summed E-state index contributed by atoms with van der Waals surface area (Å²) in [6, 6.07) is -0.381. The van der Waals surface area contributed by atoms with E-state index in [1.807, 2.05) is 0 Å². The molecule has 0 aliphatic carbocycles. The van der Waals surface area contributed by atoms with Crippen molar-refractivity contribution >= 4 is 18.2 Å². The topological polar surface area (TPSA) is 138 Å². The van der Waals surface area contributed by atoms with Gasteiger partial charge in [-0.15, -0.1) is 0 Å². The number of hydrogen-bond donors (Lipinski definition) is 3. The number of aromatic carboxylic acids is 2. The van der Waals surface area contributed by atoms with E-state index in [1.165, 1.54) is 6.21 Å². The Morgan fingerprint density at radius 3 is 2.50 bits per heavy atom. The summed E-state index contributed by atoms with van der Waals surface area (Å²) in [6.45, 7) is 1.36. The second-order valence-electron chi connectivity index (χ2n) is 4.38. The van der Waals surface area contributed by atoms with Gasteiger partial charge in [-0.25, -0.2) is 9.59 Å². The maximum absolute atomic E-state index is 11.9. The maximum Gasteiger partial charge on any atom is 0.356 e. The quantitative estimate of drug-likeness (QED) is 0.588. The lowest BCUT2D eigenvalue weighted by Crippen LogP contribution is -2.25. The molecule has 0 bridgehead atoms. The lowest BCUT2D eigenvalue weighted by atomic mass is 10.2. The maximum atomic E-state index is 11.9. The number of hydrogen-bond acceptors (Lipinski definition) is 6. The minimum atomic E-state index is -1.49. The number of carbonyl (C=O) groups is 2. The minimum absolute atomic E-state index is 0.0944. The molecule has 0 fully saturated rings. The number of aliphatic hydroxyl groups excluding tert-OH is 1. The van der Waals surface area contributed by atoms with Gasteiger partial charge < -0.3 is 24.6 Å². The molecule has 1 rings (SSSR count). The summed E-state index contributed by atoms with van der Waals surface area (Å²) < 4.78 is 5.80. The highest BCUT2D eigenvalue weighted by atomic mass is 16.5. The van der Waals surface area contributed by atoms with Gasteiger partial charge in [-0.1, -0.05) is 0 Å². The van der Waals surface area contributed by atoms with E-state index in [-0.39, 0.29) is 19.2 Å². The molecule has 1 heterocycles. The zero-order chi connectivity index (χ0) is 16.9. The van der Waals surface area contributed by atoms with E-state index >= 15 is 0 Å². The number of ether oxygens (including phenoxy) is 1. The third-order valence-corrected chi connectivity index (χ3v) is 2.78. The second kappa shape index (κ2) is 7.36. The van der Waals surface area contributed by atoms with E-state index in [2.05, 4.69) is 4.99 Å². The third kappa shape index (κ3) is 3.70. The summed E-state index contributed by atoms with van der Waals surface area (Å²) >= 11 is 0. The van der Waals surface area contributed by atoms with Gasteiger partial charge in [0.25, 0.3) is 0 Å². The largest absolute Gasteiger partial charge is 0.491 e. The highest BCUT2D eigenvalue weighted by Gasteiger charge is 2.24. The number of nitrogens with zero attached hydrogens (tertiary/aromatic N) is 2. The van der Waals surface area contributed by atoms with Crippen LogP contribution in [0.2, 0.25) is 0 Å². The van der Waals surface area contributed by atoms with Crippen molar-refractivity contribution in [2.45, 2.75) is 19.5 Å². The van der Waals surface area contributed by atoms with Crippen molar-refractivity contribution in [3.63, 3.8) is 0 Å². The molecule has 0 aliphatic rings. The van der Waals surface area contributed by atoms with Crippen LogP contribution in [-0.2, 0) is 6.54 Å². The summed E-state index contributed by atoms with van der Waals surface area (Å²) in [6.07, 6.45) is 2.25. The predicted octanol–water partition coefficient (Wildman–Crippen LogP) is -0.295. The van der Waals surface area contributed by atoms with Crippen LogP contribution in [0.4, 0.5) is 0 Å². The first kappa shape index (κ1) is 17.4. The fourth-order valence-corrected chi connectivity index (χ4v) is 1.71. The average molecular weight is 312 g/mol. The number of rotatable bonds is 7. The Morgan fingerprint density at radius 2 is 2.05 bits per heavy atom. The number of aliphatic imine (C=N–C) groups is 1. The fraction of sp³-hybridized carbons (Fsp3) is 0.385. The van der Waals surface area contributed by atoms with Crippen LogP contribution in [-0.4, -0.2) is 57.8 Å². The molecule has 0 radical (unpaired) electrons. The SMILES string of the molecule is COc1c(C(=O)O)n(CC=N[C@H](C)CO)cc(C(=O)O)c1=O. The number of methoxy groups -OCH3 is 1. The Balaban J connectivity index is 3.43. The molecule has 3 N–H and O–H groups in total. The molecule has 0 saturated heterocycles. The Morgan fingerprint density at radius 1 is 1.41 bits per heavy atom. The molecule has 0 saturated carbocycles. The van der Waals surface area contributed by atoms with Gasteiger partial charge in [-0.05, 0) is 6.92 Å². The minimum Gasteiger partial charge on any atom is -0.491 e. The van der Waals surface area contributed by atoms with Crippen LogP contribution in [0.25, 0.3) is 0 Å². The first-order chi connectivity index (χ1) is 10.3. The molecule has 22 heavy (non-hydrogen) atoms. The van der Waals surface area contributed by atoms with Crippen molar-refractivity contribution in [2.24, 2.45) is 4.99 Å². The normalized spacial score (nSPS) is 12.3. The summed E-state index contributed by atoms with van der Waals surface area (Å²) in [5.74, 6) is -3.49. The van der Waals surface area contributed by atoms with E-state index in [0.29, 0.717) is 0 Å². The van der Waals surface area contributed by atoms with E-state index in [4.69, 9.17) is 14.9 Å². The van der Waals surface area contributed by atoms with Crippen molar-refractivity contribution in [3.8, 4) is 5.75 Å². The first-order valence-electron chi connectivity index (χ1n) is 6.24. The van der Waals surface area contributed by atoms with Gasteiger partial charge in [-0.3, -0.25) is 9.79 Å². The van der Waals surface area contributed by atoms with E-state index < -0.39 is 34.4 Å². The zero-order valence-electron chi connectivity index (χ0n) is 12.0. The molecule has 0 aromatic carbocycles. The Hall–Kier alpha value is -2.68. The van der Waals surface area contributed by atoms with Gasteiger partial charge in [0.1, 0.15) is 5.56 Å². The molecular weight excluding hydrogens is 296 g/mol. The standard InChI is InChI=1S/C13H16N2O7/c1-7(6-16)14-3-4-15-5-8(12(18)19)10(17)11(22-2)9(15)13(20)21/h3,5,7,16H,4,6H2,1-2H3,(H,18,19)(H,20,21)/t7-/m1/s1. The highest BCUT2D eigenvalue weighted by molar-refractivity contribution is 5.93. The van der Waals surface area contributed by atoms with Crippen LogP contribution < -0.4 is 10.2 Å². The number of carboxylic acids is 2. The van der Waals surface area contributed by atoms with Crippen LogP contribution in [0.3, 0.4) is 0 Å². The van der Waals surface area contributed by atoms with Gasteiger partial charge in [-0.2, -0.15) is 0 Å². The van der Waals surface area contributed by atoms with Crippen LogP contribution in [0.5, 0.6) is 5.75 Å². The molecule has 1 aromatic rings. The second-order valence-corrected chi connectivity index (χ2v) is 4.38. The Kier molecular flexibility index (Phi) is 5.81. The van der Waals surface area contributed by atoms with Crippen molar-refractivity contribution in [3.05, 3.63) is 27.7 Å². The van der Waals surface area contributed by atoms with Gasteiger partial charge in [0, 0.05) is 12.4 Å². The Labute approximate surface area is 125 Å². The summed E-state index contributed by atoms with van der Waals surface area (Å²) in [4.78, 5) is 38.2. The van der Waals surface area contributed by atoms with E-state index in [0.717, 1.165) is 17.9 Å². The molecule has 0 amide bonds. The molecule has 9 nitrogen and oxygen atoms in total. The summed E-state index contributed by atoms with van der Waals surface area (Å²) in [5, 5.41) is 27.1. The van der Waals surface area contributed by atoms with Crippen molar-refractivity contribution in [1.29, 1.82) is 0 Å². The lowest BCUT2D eigenvalue weighted by molar-refractivity contribution is 0.0665. The first-order valence-corrected chi connectivity index (χ1v) is 6.24. The third-order valence-electron chi connectivity index (χ3n) is 2.78. The molecule has 120 valence electrons. The molecule has 0 unspecified atom stereocenters. The van der Waals surface area contributed by atoms with Crippen LogP contribution in [0, 0.1) is 0 Å². The monoisotopic (exact) mass is 312 g/mol. The van der Waals surface area contributed by atoms with Crippen molar-refractivity contribution in [1.82, 2.24) is 4.57 Å². The highest BCUT2D eigenvalue weighted by Crippen LogP contribution is 2.15.